The molecule has 1 heterocycles. The minimum absolute atomic E-state index is 0.243. The standard InChI is InChI=1S/C16H15BrIN/c17-15-4-2-1-3-14(15)16(10-19-11-16)9-12-5-7-13(18)8-6-12/h1-8,19H,9-11H2. The van der Waals surface area contributed by atoms with Crippen LogP contribution in [0.25, 0.3) is 0 Å². The summed E-state index contributed by atoms with van der Waals surface area (Å²) in [4.78, 5) is 0. The summed E-state index contributed by atoms with van der Waals surface area (Å²) in [5.74, 6) is 0. The fourth-order valence-corrected chi connectivity index (χ4v) is 3.79. The van der Waals surface area contributed by atoms with Crippen molar-refractivity contribution in [2.24, 2.45) is 0 Å². The fourth-order valence-electron chi connectivity index (χ4n) is 2.72. The van der Waals surface area contributed by atoms with Crippen molar-refractivity contribution >= 4 is 38.5 Å². The molecule has 0 bridgehead atoms. The fraction of sp³-hybridized carbons (Fsp3) is 0.250. The lowest BCUT2D eigenvalue weighted by atomic mass is 9.71. The summed E-state index contributed by atoms with van der Waals surface area (Å²) in [5, 5.41) is 3.44. The first-order chi connectivity index (χ1) is 9.20. The van der Waals surface area contributed by atoms with Crippen LogP contribution in [0.3, 0.4) is 0 Å². The minimum atomic E-state index is 0.243. The van der Waals surface area contributed by atoms with Gasteiger partial charge in [0.25, 0.3) is 0 Å². The first kappa shape index (κ1) is 13.6. The van der Waals surface area contributed by atoms with Crippen LogP contribution in [-0.2, 0) is 11.8 Å². The number of hydrogen-bond acceptors (Lipinski definition) is 1. The molecular weight excluding hydrogens is 413 g/mol. The van der Waals surface area contributed by atoms with E-state index >= 15 is 0 Å². The molecule has 3 heteroatoms. The second-order valence-electron chi connectivity index (χ2n) is 5.17. The molecule has 1 nitrogen and oxygen atoms in total. The van der Waals surface area contributed by atoms with Crippen LogP contribution in [0.4, 0.5) is 0 Å². The van der Waals surface area contributed by atoms with E-state index in [9.17, 15) is 0 Å². The van der Waals surface area contributed by atoms with Gasteiger partial charge in [-0.3, -0.25) is 0 Å². The van der Waals surface area contributed by atoms with Gasteiger partial charge in [0, 0.05) is 26.5 Å². The van der Waals surface area contributed by atoms with E-state index in [1.807, 2.05) is 0 Å². The summed E-state index contributed by atoms with van der Waals surface area (Å²) < 4.78 is 2.52. The van der Waals surface area contributed by atoms with E-state index in [0.29, 0.717) is 0 Å². The first-order valence-corrected chi connectivity index (χ1v) is 8.27. The van der Waals surface area contributed by atoms with Crippen LogP contribution in [0.5, 0.6) is 0 Å². The maximum absolute atomic E-state index is 3.70. The highest BCUT2D eigenvalue weighted by Gasteiger charge is 2.39. The third-order valence-electron chi connectivity index (χ3n) is 3.83. The molecule has 0 unspecified atom stereocenters. The van der Waals surface area contributed by atoms with Crippen LogP contribution < -0.4 is 5.32 Å². The Bertz CT molecular complexity index is 576. The van der Waals surface area contributed by atoms with Gasteiger partial charge in [0.15, 0.2) is 0 Å². The molecule has 2 aromatic carbocycles. The van der Waals surface area contributed by atoms with Crippen LogP contribution >= 0.6 is 38.5 Å². The zero-order valence-electron chi connectivity index (χ0n) is 10.5. The monoisotopic (exact) mass is 427 g/mol. The molecule has 0 atom stereocenters. The predicted molar refractivity (Wildman–Crippen MR) is 91.6 cm³/mol. The second-order valence-corrected chi connectivity index (χ2v) is 7.27. The Kier molecular flexibility index (Phi) is 3.96. The summed E-state index contributed by atoms with van der Waals surface area (Å²) in [6.45, 7) is 2.11. The summed E-state index contributed by atoms with van der Waals surface area (Å²) >= 11 is 6.06. The molecule has 1 saturated heterocycles. The Labute approximate surface area is 136 Å². The lowest BCUT2D eigenvalue weighted by molar-refractivity contribution is 0.273. The average Bonchev–Trinajstić information content (AvgIpc) is 2.37. The highest BCUT2D eigenvalue weighted by Crippen LogP contribution is 2.36. The summed E-state index contributed by atoms with van der Waals surface area (Å²) in [6, 6.07) is 17.5. The lowest BCUT2D eigenvalue weighted by Gasteiger charge is -2.44. The average molecular weight is 428 g/mol. The molecule has 0 spiro atoms. The van der Waals surface area contributed by atoms with Gasteiger partial charge >= 0.3 is 0 Å². The van der Waals surface area contributed by atoms with Gasteiger partial charge in [-0.25, -0.2) is 0 Å². The quantitative estimate of drug-likeness (QED) is 0.726. The van der Waals surface area contributed by atoms with Crippen LogP contribution in [0.15, 0.2) is 53.0 Å². The molecule has 0 amide bonds. The number of rotatable bonds is 3. The molecule has 1 aliphatic heterocycles. The molecule has 98 valence electrons. The third kappa shape index (κ3) is 2.73. The van der Waals surface area contributed by atoms with E-state index < -0.39 is 0 Å². The maximum Gasteiger partial charge on any atom is 0.0254 e. The van der Waals surface area contributed by atoms with Crippen LogP contribution in [0.2, 0.25) is 0 Å². The van der Waals surface area contributed by atoms with Crippen molar-refractivity contribution in [3.63, 3.8) is 0 Å². The van der Waals surface area contributed by atoms with Crippen molar-refractivity contribution < 1.29 is 0 Å². The van der Waals surface area contributed by atoms with E-state index in [1.54, 1.807) is 0 Å². The second kappa shape index (κ2) is 5.54. The Morgan fingerprint density at radius 3 is 2.32 bits per heavy atom. The summed E-state index contributed by atoms with van der Waals surface area (Å²) in [6.07, 6.45) is 1.10. The van der Waals surface area contributed by atoms with Gasteiger partial charge in [-0.05, 0) is 58.3 Å². The van der Waals surface area contributed by atoms with Crippen molar-refractivity contribution in [2.45, 2.75) is 11.8 Å². The Morgan fingerprint density at radius 1 is 1.05 bits per heavy atom. The lowest BCUT2D eigenvalue weighted by Crippen LogP contribution is -2.58. The molecular formula is C16H15BrIN. The van der Waals surface area contributed by atoms with Crippen molar-refractivity contribution in [3.8, 4) is 0 Å². The minimum Gasteiger partial charge on any atom is -0.315 e. The number of hydrogen-bond donors (Lipinski definition) is 1. The van der Waals surface area contributed by atoms with Crippen molar-refractivity contribution in [2.75, 3.05) is 13.1 Å². The first-order valence-electron chi connectivity index (χ1n) is 6.40. The van der Waals surface area contributed by atoms with Gasteiger partial charge in [-0.15, -0.1) is 0 Å². The van der Waals surface area contributed by atoms with Gasteiger partial charge in [0.05, 0.1) is 0 Å². The highest BCUT2D eigenvalue weighted by molar-refractivity contribution is 14.1. The molecule has 0 radical (unpaired) electrons. The van der Waals surface area contributed by atoms with Gasteiger partial charge in [0.1, 0.15) is 0 Å². The Hall–Kier alpha value is -0.390. The Morgan fingerprint density at radius 2 is 1.74 bits per heavy atom. The summed E-state index contributed by atoms with van der Waals surface area (Å²) in [7, 11) is 0. The van der Waals surface area contributed by atoms with Crippen LogP contribution in [0, 0.1) is 3.57 Å². The van der Waals surface area contributed by atoms with Crippen LogP contribution in [-0.4, -0.2) is 13.1 Å². The molecule has 19 heavy (non-hydrogen) atoms. The molecule has 0 saturated carbocycles. The highest BCUT2D eigenvalue weighted by atomic mass is 127. The Balaban J connectivity index is 1.92. The number of benzene rings is 2. The largest absolute Gasteiger partial charge is 0.315 e. The molecule has 2 aromatic rings. The zero-order chi connectivity index (χ0) is 13.3. The molecule has 3 rings (SSSR count). The number of nitrogens with one attached hydrogen (secondary N) is 1. The predicted octanol–water partition coefficient (Wildman–Crippen LogP) is 4.14. The van der Waals surface area contributed by atoms with E-state index in [0.717, 1.165) is 19.5 Å². The van der Waals surface area contributed by atoms with Crippen molar-refractivity contribution in [3.05, 3.63) is 67.7 Å². The van der Waals surface area contributed by atoms with E-state index in [-0.39, 0.29) is 5.41 Å². The third-order valence-corrected chi connectivity index (χ3v) is 5.24. The van der Waals surface area contributed by atoms with E-state index in [1.165, 1.54) is 19.2 Å². The topological polar surface area (TPSA) is 12.0 Å². The van der Waals surface area contributed by atoms with Crippen molar-refractivity contribution in [1.29, 1.82) is 0 Å². The molecule has 1 N–H and O–H groups in total. The maximum atomic E-state index is 3.70. The number of halogens is 2. The van der Waals surface area contributed by atoms with Gasteiger partial charge in [-0.2, -0.15) is 0 Å². The normalized spacial score (nSPS) is 16.9. The molecule has 0 aromatic heterocycles. The van der Waals surface area contributed by atoms with E-state index in [2.05, 4.69) is 92.4 Å². The summed E-state index contributed by atoms with van der Waals surface area (Å²) in [5.41, 5.74) is 3.08. The van der Waals surface area contributed by atoms with Crippen molar-refractivity contribution in [1.82, 2.24) is 5.32 Å². The molecule has 1 aliphatic rings. The van der Waals surface area contributed by atoms with Gasteiger partial charge in [0.2, 0.25) is 0 Å². The van der Waals surface area contributed by atoms with Gasteiger partial charge < -0.3 is 5.32 Å². The SMILES string of the molecule is Brc1ccccc1C1(Cc2ccc(I)cc2)CNC1. The van der Waals surface area contributed by atoms with Crippen LogP contribution in [0.1, 0.15) is 11.1 Å². The molecule has 1 fully saturated rings. The van der Waals surface area contributed by atoms with Gasteiger partial charge in [-0.1, -0.05) is 46.3 Å². The zero-order valence-corrected chi connectivity index (χ0v) is 14.2. The molecule has 0 aliphatic carbocycles. The van der Waals surface area contributed by atoms with E-state index in [4.69, 9.17) is 0 Å². The smallest absolute Gasteiger partial charge is 0.0254 e.